The van der Waals surface area contributed by atoms with Crippen LogP contribution in [0.2, 0.25) is 5.02 Å². The van der Waals surface area contributed by atoms with Gasteiger partial charge in [0.1, 0.15) is 5.00 Å². The van der Waals surface area contributed by atoms with Crippen LogP contribution in [0.3, 0.4) is 0 Å². The molecule has 0 saturated carbocycles. The van der Waals surface area contributed by atoms with Crippen LogP contribution in [-0.2, 0) is 12.8 Å². The summed E-state index contributed by atoms with van der Waals surface area (Å²) in [6, 6.07) is 12.2. The summed E-state index contributed by atoms with van der Waals surface area (Å²) < 4.78 is 5.49. The Morgan fingerprint density at radius 1 is 1.26 bits per heavy atom. The number of aliphatic imine (C=N–C) groups is 1. The molecule has 1 heterocycles. The lowest BCUT2D eigenvalue weighted by Crippen LogP contribution is -2.27. The van der Waals surface area contributed by atoms with Crippen molar-refractivity contribution >= 4 is 45.7 Å². The summed E-state index contributed by atoms with van der Waals surface area (Å²) in [5, 5.41) is 14.3. The van der Waals surface area contributed by atoms with Gasteiger partial charge in [0.25, 0.3) is 5.91 Å². The Hall–Kier alpha value is -2.83. The minimum atomic E-state index is -0.160. The number of carbonyl (C=O) groups is 1. The van der Waals surface area contributed by atoms with Gasteiger partial charge >= 0.3 is 0 Å². The summed E-state index contributed by atoms with van der Waals surface area (Å²) in [5.74, 6) is 0.901. The standard InChI is InChI=1S/C28H31ClN2O3S/c1-5-34-23-14-17(6-13-22(23)32)16-30-27-25(26(33)31-20-10-8-19(29)9-11-20)21-12-7-18(28(2,3)4)15-24(21)35-27/h6,8-11,13-14,16,18,32H,5,7,12,15H2,1-4H3,(H,31,33)/t18-/m1/s1. The average Bonchev–Trinajstić information content (AvgIpc) is 3.18. The molecule has 1 amide bonds. The number of hydrogen-bond acceptors (Lipinski definition) is 5. The van der Waals surface area contributed by atoms with Gasteiger partial charge in [-0.3, -0.25) is 4.79 Å². The number of ether oxygens (including phenoxy) is 1. The number of carbonyl (C=O) groups excluding carboxylic acids is 1. The monoisotopic (exact) mass is 510 g/mol. The van der Waals surface area contributed by atoms with Crippen molar-refractivity contribution in [2.45, 2.75) is 47.0 Å². The first kappa shape index (κ1) is 25.3. The van der Waals surface area contributed by atoms with Gasteiger partial charge in [0.15, 0.2) is 11.5 Å². The number of aromatic hydroxyl groups is 1. The number of rotatable bonds is 6. The Morgan fingerprint density at radius 3 is 2.69 bits per heavy atom. The van der Waals surface area contributed by atoms with Gasteiger partial charge in [0, 0.05) is 21.8 Å². The molecule has 1 aliphatic rings. The van der Waals surface area contributed by atoms with E-state index in [1.165, 1.54) is 4.88 Å². The smallest absolute Gasteiger partial charge is 0.259 e. The van der Waals surface area contributed by atoms with Gasteiger partial charge in [-0.05, 0) is 91.1 Å². The van der Waals surface area contributed by atoms with Crippen molar-refractivity contribution < 1.29 is 14.6 Å². The van der Waals surface area contributed by atoms with Gasteiger partial charge in [0.05, 0.1) is 12.2 Å². The van der Waals surface area contributed by atoms with Crippen LogP contribution in [-0.4, -0.2) is 23.8 Å². The van der Waals surface area contributed by atoms with Crippen LogP contribution in [0.4, 0.5) is 10.7 Å². The Kier molecular flexibility index (Phi) is 7.53. The highest BCUT2D eigenvalue weighted by atomic mass is 35.5. The number of phenols is 1. The number of amides is 1. The summed E-state index contributed by atoms with van der Waals surface area (Å²) in [6.45, 7) is 9.17. The molecule has 5 nitrogen and oxygen atoms in total. The third-order valence-electron chi connectivity index (χ3n) is 6.42. The van der Waals surface area contributed by atoms with Gasteiger partial charge in [-0.15, -0.1) is 11.3 Å². The lowest BCUT2D eigenvalue weighted by molar-refractivity contribution is 0.102. The molecule has 3 aromatic rings. The molecule has 0 bridgehead atoms. The number of thiophene rings is 1. The lowest BCUT2D eigenvalue weighted by atomic mass is 9.72. The van der Waals surface area contributed by atoms with Crippen LogP contribution in [0.1, 0.15) is 60.5 Å². The predicted molar refractivity (Wildman–Crippen MR) is 145 cm³/mol. The fourth-order valence-electron chi connectivity index (χ4n) is 4.38. The molecule has 0 aliphatic heterocycles. The number of phenolic OH excluding ortho intramolecular Hbond substituents is 1. The molecule has 0 saturated heterocycles. The van der Waals surface area contributed by atoms with Crippen LogP contribution in [0.5, 0.6) is 11.5 Å². The number of fused-ring (bicyclic) bond motifs is 1. The first-order valence-electron chi connectivity index (χ1n) is 11.9. The Morgan fingerprint density at radius 2 is 2.00 bits per heavy atom. The van der Waals surface area contributed by atoms with Crippen molar-refractivity contribution in [3.63, 3.8) is 0 Å². The van der Waals surface area contributed by atoms with E-state index in [9.17, 15) is 9.90 Å². The van der Waals surface area contributed by atoms with E-state index in [2.05, 4.69) is 26.1 Å². The zero-order chi connectivity index (χ0) is 25.2. The molecule has 1 atom stereocenters. The van der Waals surface area contributed by atoms with Crippen LogP contribution in [0.25, 0.3) is 0 Å². The Bertz CT molecular complexity index is 1240. The predicted octanol–water partition coefficient (Wildman–Crippen LogP) is 7.66. The topological polar surface area (TPSA) is 70.9 Å². The molecular weight excluding hydrogens is 480 g/mol. The first-order valence-corrected chi connectivity index (χ1v) is 13.1. The van der Waals surface area contributed by atoms with E-state index in [4.69, 9.17) is 21.3 Å². The highest BCUT2D eigenvalue weighted by molar-refractivity contribution is 7.16. The summed E-state index contributed by atoms with van der Waals surface area (Å²) in [7, 11) is 0. The van der Waals surface area contributed by atoms with Gasteiger partial charge in [-0.2, -0.15) is 0 Å². The minimum Gasteiger partial charge on any atom is -0.504 e. The van der Waals surface area contributed by atoms with Crippen molar-refractivity contribution in [1.29, 1.82) is 0 Å². The normalized spacial score (nSPS) is 15.7. The van der Waals surface area contributed by atoms with Gasteiger partial charge < -0.3 is 15.2 Å². The Labute approximate surface area is 215 Å². The zero-order valence-electron chi connectivity index (χ0n) is 20.5. The molecular formula is C28H31ClN2O3S. The van der Waals surface area contributed by atoms with Crippen LogP contribution >= 0.6 is 22.9 Å². The molecule has 4 rings (SSSR count). The molecule has 0 fully saturated rings. The molecule has 1 aliphatic carbocycles. The zero-order valence-corrected chi connectivity index (χ0v) is 22.1. The summed E-state index contributed by atoms with van der Waals surface area (Å²) in [6.07, 6.45) is 4.58. The van der Waals surface area contributed by atoms with Crippen molar-refractivity contribution in [2.75, 3.05) is 11.9 Å². The number of anilines is 1. The van der Waals surface area contributed by atoms with E-state index in [1.54, 1.807) is 60.0 Å². The molecule has 184 valence electrons. The maximum absolute atomic E-state index is 13.5. The van der Waals surface area contributed by atoms with Crippen molar-refractivity contribution in [2.24, 2.45) is 16.3 Å². The molecule has 7 heteroatoms. The molecule has 1 aromatic heterocycles. The summed E-state index contributed by atoms with van der Waals surface area (Å²) in [4.78, 5) is 19.5. The fourth-order valence-corrected chi connectivity index (χ4v) is 5.77. The quantitative estimate of drug-likeness (QED) is 0.334. The fraction of sp³-hybridized carbons (Fsp3) is 0.357. The van der Waals surface area contributed by atoms with E-state index in [0.717, 1.165) is 30.4 Å². The lowest BCUT2D eigenvalue weighted by Gasteiger charge is -2.33. The number of benzene rings is 2. The third-order valence-corrected chi connectivity index (χ3v) is 7.83. The average molecular weight is 511 g/mol. The largest absolute Gasteiger partial charge is 0.504 e. The van der Waals surface area contributed by atoms with Gasteiger partial charge in [-0.1, -0.05) is 32.4 Å². The number of hydrogen-bond donors (Lipinski definition) is 2. The summed E-state index contributed by atoms with van der Waals surface area (Å²) in [5.41, 5.74) is 3.44. The minimum absolute atomic E-state index is 0.0897. The second-order valence-electron chi connectivity index (χ2n) is 9.87. The number of nitrogens with zero attached hydrogens (tertiary/aromatic N) is 1. The summed E-state index contributed by atoms with van der Waals surface area (Å²) >= 11 is 7.60. The number of nitrogens with one attached hydrogen (secondary N) is 1. The van der Waals surface area contributed by atoms with Crippen molar-refractivity contribution in [3.05, 3.63) is 69.1 Å². The van der Waals surface area contributed by atoms with E-state index >= 15 is 0 Å². The molecule has 0 spiro atoms. The first-order chi connectivity index (χ1) is 16.7. The molecule has 2 aromatic carbocycles. The van der Waals surface area contributed by atoms with E-state index in [0.29, 0.717) is 39.5 Å². The Balaban J connectivity index is 1.69. The van der Waals surface area contributed by atoms with Gasteiger partial charge in [0.2, 0.25) is 0 Å². The van der Waals surface area contributed by atoms with E-state index in [1.807, 2.05) is 6.92 Å². The maximum atomic E-state index is 13.5. The molecule has 2 N–H and O–H groups in total. The van der Waals surface area contributed by atoms with E-state index < -0.39 is 0 Å². The van der Waals surface area contributed by atoms with E-state index in [-0.39, 0.29) is 17.1 Å². The van der Waals surface area contributed by atoms with Crippen LogP contribution in [0, 0.1) is 11.3 Å². The highest BCUT2D eigenvalue weighted by Gasteiger charge is 2.33. The molecule has 0 radical (unpaired) electrons. The molecule has 0 unspecified atom stereocenters. The van der Waals surface area contributed by atoms with Crippen LogP contribution < -0.4 is 10.1 Å². The molecule has 35 heavy (non-hydrogen) atoms. The SMILES string of the molecule is CCOc1cc(C=Nc2sc3c(c2C(=O)Nc2ccc(Cl)cc2)CC[C@@H](C(C)(C)C)C3)ccc1O. The highest BCUT2D eigenvalue weighted by Crippen LogP contribution is 2.45. The number of halogens is 1. The van der Waals surface area contributed by atoms with Crippen molar-refractivity contribution in [1.82, 2.24) is 0 Å². The second kappa shape index (κ2) is 10.4. The third kappa shape index (κ3) is 5.88. The maximum Gasteiger partial charge on any atom is 0.259 e. The second-order valence-corrected chi connectivity index (χ2v) is 11.4. The van der Waals surface area contributed by atoms with Crippen molar-refractivity contribution in [3.8, 4) is 11.5 Å². The van der Waals surface area contributed by atoms with Crippen LogP contribution in [0.15, 0.2) is 47.5 Å². The van der Waals surface area contributed by atoms with Gasteiger partial charge in [-0.25, -0.2) is 4.99 Å².